The fourth-order valence-corrected chi connectivity index (χ4v) is 7.80. The molecular formula is C40H44N8O5S2. The van der Waals surface area contributed by atoms with Crippen LogP contribution in [0.4, 0.5) is 11.6 Å². The molecule has 0 saturated heterocycles. The molecule has 0 amide bonds. The van der Waals surface area contributed by atoms with Gasteiger partial charge in [-0.3, -0.25) is 0 Å². The predicted molar refractivity (Wildman–Crippen MR) is 219 cm³/mol. The Hall–Kier alpha value is -5.90. The number of aryl methyl sites for hydroxylation is 2. The number of rotatable bonds is 13. The number of benzene rings is 2. The van der Waals surface area contributed by atoms with Crippen molar-refractivity contribution in [2.45, 2.75) is 41.0 Å². The molecule has 2 aromatic carbocycles. The molecule has 0 unspecified atom stereocenters. The maximum atomic E-state index is 9.45. The summed E-state index contributed by atoms with van der Waals surface area (Å²) in [5.41, 5.74) is 3.56. The molecule has 2 N–H and O–H groups in total. The Morgan fingerprint density at radius 2 is 1.24 bits per heavy atom. The fourth-order valence-electron chi connectivity index (χ4n) is 5.82. The molecule has 4 aromatic heterocycles. The fraction of sp³-hybridized carbons (Fsp3) is 0.350. The molecule has 0 aliphatic carbocycles. The van der Waals surface area contributed by atoms with Crippen molar-refractivity contribution in [2.75, 3.05) is 59.3 Å². The third-order valence-corrected chi connectivity index (χ3v) is 10.7. The second kappa shape index (κ2) is 18.0. The molecule has 286 valence electrons. The van der Waals surface area contributed by atoms with Crippen LogP contribution in [-0.2, 0) is 6.42 Å². The van der Waals surface area contributed by atoms with E-state index in [2.05, 4.69) is 46.6 Å². The van der Waals surface area contributed by atoms with Gasteiger partial charge in [-0.15, -0.1) is 22.7 Å². The highest BCUT2D eigenvalue weighted by Crippen LogP contribution is 2.40. The van der Waals surface area contributed by atoms with Crippen molar-refractivity contribution >= 4 is 54.7 Å². The first-order valence-electron chi connectivity index (χ1n) is 17.4. The van der Waals surface area contributed by atoms with Crippen LogP contribution < -0.4 is 34.3 Å². The molecule has 13 nitrogen and oxygen atoms in total. The largest absolute Gasteiger partial charge is 0.497 e. The summed E-state index contributed by atoms with van der Waals surface area (Å²) in [7, 11) is 7.98. The number of hydrogen-bond donors (Lipinski definition) is 2. The topological polar surface area (TPSA) is 169 Å². The van der Waals surface area contributed by atoms with E-state index in [1.54, 1.807) is 41.6 Å². The molecule has 4 heterocycles. The molecular weight excluding hydrogens is 737 g/mol. The van der Waals surface area contributed by atoms with Crippen LogP contribution in [0.2, 0.25) is 0 Å². The Bertz CT molecular complexity index is 2360. The van der Waals surface area contributed by atoms with E-state index < -0.39 is 0 Å². The zero-order valence-corrected chi connectivity index (χ0v) is 34.3. The van der Waals surface area contributed by atoms with Crippen molar-refractivity contribution in [3.8, 4) is 52.3 Å². The predicted octanol–water partition coefficient (Wildman–Crippen LogP) is 8.54. The average molecular weight is 781 g/mol. The number of nitrogens with one attached hydrogen (secondary N) is 2. The SMILES string of the molecule is CCNc1nc(-c2cc(OC)cc(OC)c2)nc2sc(C#N)c(C)c12.COc1cc(Cc2nc(NCC(C)C)c3c(C)c(C#N)sc3n2)cc(OC)c1OC. The normalized spacial score (nSPS) is 10.7. The first-order chi connectivity index (χ1) is 26.5. The highest BCUT2D eigenvalue weighted by Gasteiger charge is 2.20. The molecule has 0 fully saturated rings. The van der Waals surface area contributed by atoms with Gasteiger partial charge in [-0.2, -0.15) is 10.5 Å². The van der Waals surface area contributed by atoms with E-state index in [-0.39, 0.29) is 0 Å². The van der Waals surface area contributed by atoms with E-state index in [4.69, 9.17) is 33.7 Å². The van der Waals surface area contributed by atoms with E-state index in [1.807, 2.05) is 45.0 Å². The van der Waals surface area contributed by atoms with Crippen molar-refractivity contribution in [1.29, 1.82) is 10.5 Å². The number of nitriles is 2. The lowest BCUT2D eigenvalue weighted by Gasteiger charge is -2.14. The zero-order chi connectivity index (χ0) is 39.8. The number of methoxy groups -OCH3 is 5. The van der Waals surface area contributed by atoms with Crippen LogP contribution in [0.5, 0.6) is 28.7 Å². The molecule has 0 saturated carbocycles. The van der Waals surface area contributed by atoms with Gasteiger partial charge in [0.25, 0.3) is 0 Å². The van der Waals surface area contributed by atoms with E-state index in [9.17, 15) is 10.5 Å². The molecule has 0 aliphatic heterocycles. The van der Waals surface area contributed by atoms with Gasteiger partial charge in [-0.05, 0) is 67.6 Å². The van der Waals surface area contributed by atoms with E-state index in [0.29, 0.717) is 62.5 Å². The summed E-state index contributed by atoms with van der Waals surface area (Å²) >= 11 is 2.77. The monoisotopic (exact) mass is 780 g/mol. The standard InChI is InChI=1S/C22H26N4O3S.C18H18N4O2S/c1-12(2)11-24-21-19-13(3)17(10-23)30-22(19)26-18(25-21)9-14-7-15(27-4)20(29-6)16(8-14)28-5;1-5-20-17-15-10(2)14(9-19)25-18(15)22-16(21-17)11-6-12(23-3)8-13(7-11)24-4/h7-8,12H,9,11H2,1-6H3,(H,24,25,26);6-8H,5H2,1-4H3,(H,20,21,22). The van der Waals surface area contributed by atoms with Crippen LogP contribution in [0.1, 0.15) is 53.0 Å². The average Bonchev–Trinajstić information content (AvgIpc) is 3.71. The van der Waals surface area contributed by atoms with Crippen LogP contribution in [0, 0.1) is 42.4 Å². The lowest BCUT2D eigenvalue weighted by Crippen LogP contribution is -2.11. The Kier molecular flexibility index (Phi) is 13.1. The van der Waals surface area contributed by atoms with Gasteiger partial charge in [0.05, 0.1) is 46.3 Å². The quantitative estimate of drug-likeness (QED) is 0.114. The minimum atomic E-state index is 0.461. The van der Waals surface area contributed by atoms with Gasteiger partial charge in [-0.25, -0.2) is 19.9 Å². The number of ether oxygens (including phenoxy) is 5. The van der Waals surface area contributed by atoms with Crippen LogP contribution in [-0.4, -0.2) is 68.6 Å². The molecule has 6 rings (SSSR count). The molecule has 15 heteroatoms. The molecule has 6 aromatic rings. The van der Waals surface area contributed by atoms with Crippen LogP contribution in [0.3, 0.4) is 0 Å². The van der Waals surface area contributed by atoms with Crippen molar-refractivity contribution in [2.24, 2.45) is 5.92 Å². The van der Waals surface area contributed by atoms with Gasteiger partial charge in [-0.1, -0.05) is 13.8 Å². The smallest absolute Gasteiger partial charge is 0.203 e. The lowest BCUT2D eigenvalue weighted by atomic mass is 10.1. The van der Waals surface area contributed by atoms with Gasteiger partial charge < -0.3 is 34.3 Å². The second-order valence-corrected chi connectivity index (χ2v) is 14.7. The number of thiophene rings is 2. The Morgan fingerprint density at radius 1 is 0.691 bits per heavy atom. The first kappa shape index (κ1) is 40.3. The number of fused-ring (bicyclic) bond motifs is 2. The lowest BCUT2D eigenvalue weighted by molar-refractivity contribution is 0.324. The molecule has 0 atom stereocenters. The van der Waals surface area contributed by atoms with Crippen molar-refractivity contribution in [3.63, 3.8) is 0 Å². The highest BCUT2D eigenvalue weighted by molar-refractivity contribution is 7.19. The summed E-state index contributed by atoms with van der Waals surface area (Å²) in [6.07, 6.45) is 0.488. The Labute approximate surface area is 328 Å². The number of nitrogens with zero attached hydrogens (tertiary/aromatic N) is 6. The van der Waals surface area contributed by atoms with E-state index in [1.165, 1.54) is 22.7 Å². The summed E-state index contributed by atoms with van der Waals surface area (Å²) < 4.78 is 27.0. The second-order valence-electron chi connectivity index (χ2n) is 12.7. The molecule has 0 spiro atoms. The zero-order valence-electron chi connectivity index (χ0n) is 32.6. The first-order valence-corrected chi connectivity index (χ1v) is 19.1. The van der Waals surface area contributed by atoms with Gasteiger partial charge in [0, 0.05) is 31.1 Å². The van der Waals surface area contributed by atoms with E-state index in [0.717, 1.165) is 67.4 Å². The minimum absolute atomic E-state index is 0.461. The van der Waals surface area contributed by atoms with Crippen LogP contribution in [0.25, 0.3) is 31.8 Å². The number of aromatic nitrogens is 4. The summed E-state index contributed by atoms with van der Waals surface area (Å²) in [6, 6.07) is 13.8. The van der Waals surface area contributed by atoms with Gasteiger partial charge in [0.2, 0.25) is 5.75 Å². The molecule has 55 heavy (non-hydrogen) atoms. The minimum Gasteiger partial charge on any atom is -0.497 e. The van der Waals surface area contributed by atoms with Gasteiger partial charge in [0.1, 0.15) is 60.5 Å². The van der Waals surface area contributed by atoms with E-state index >= 15 is 0 Å². The summed E-state index contributed by atoms with van der Waals surface area (Å²) in [6.45, 7) is 11.7. The third-order valence-electron chi connectivity index (χ3n) is 8.55. The summed E-state index contributed by atoms with van der Waals surface area (Å²) in [5.74, 6) is 6.25. The summed E-state index contributed by atoms with van der Waals surface area (Å²) in [5, 5.41) is 27.3. The van der Waals surface area contributed by atoms with Gasteiger partial charge >= 0.3 is 0 Å². The van der Waals surface area contributed by atoms with Gasteiger partial charge in [0.15, 0.2) is 17.3 Å². The van der Waals surface area contributed by atoms with Crippen molar-refractivity contribution in [3.05, 3.63) is 62.6 Å². The van der Waals surface area contributed by atoms with Crippen LogP contribution in [0.15, 0.2) is 30.3 Å². The number of hydrogen-bond acceptors (Lipinski definition) is 15. The molecule has 0 bridgehead atoms. The van der Waals surface area contributed by atoms with Crippen LogP contribution >= 0.6 is 22.7 Å². The Balaban J connectivity index is 0.000000214. The van der Waals surface area contributed by atoms with Crippen molar-refractivity contribution in [1.82, 2.24) is 19.9 Å². The maximum absolute atomic E-state index is 9.45. The highest BCUT2D eigenvalue weighted by atomic mass is 32.1. The third kappa shape index (κ3) is 8.75. The molecule has 0 aliphatic rings. The van der Waals surface area contributed by atoms with Crippen molar-refractivity contribution < 1.29 is 23.7 Å². The molecule has 0 radical (unpaired) electrons. The Morgan fingerprint density at radius 3 is 1.71 bits per heavy atom. The maximum Gasteiger partial charge on any atom is 0.203 e. The number of anilines is 2. The summed E-state index contributed by atoms with van der Waals surface area (Å²) in [4.78, 5) is 21.8.